The highest BCUT2D eigenvalue weighted by atomic mass is 16.4. The normalized spacial score (nSPS) is 10.2. The molecule has 0 unspecified atom stereocenters. The Balaban J connectivity index is 2.14. The van der Waals surface area contributed by atoms with Crippen LogP contribution in [0.1, 0.15) is 29.4 Å². The Labute approximate surface area is 111 Å². The molecule has 0 aromatic carbocycles. The monoisotopic (exact) mass is 260 g/mol. The minimum atomic E-state index is -0.275. The third kappa shape index (κ3) is 3.31. The molecule has 0 aliphatic heterocycles. The summed E-state index contributed by atoms with van der Waals surface area (Å²) in [4.78, 5) is 20.2. The van der Waals surface area contributed by atoms with Gasteiger partial charge < -0.3 is 9.73 Å². The number of nitrogens with zero attached hydrogens (tertiary/aromatic N) is 2. The average molecular weight is 260 g/mol. The maximum Gasteiger partial charge on any atom is 0.301 e. The summed E-state index contributed by atoms with van der Waals surface area (Å²) in [6, 6.07) is 1.85. The van der Waals surface area contributed by atoms with Crippen molar-refractivity contribution in [2.75, 3.05) is 17.2 Å². The molecular formula is C13H16N4O2. The molecule has 100 valence electrons. The van der Waals surface area contributed by atoms with Crippen molar-refractivity contribution in [2.24, 2.45) is 0 Å². The van der Waals surface area contributed by atoms with Crippen molar-refractivity contribution in [1.29, 1.82) is 0 Å². The second kappa shape index (κ2) is 5.99. The van der Waals surface area contributed by atoms with E-state index in [0.29, 0.717) is 16.9 Å². The molecule has 0 saturated carbocycles. The van der Waals surface area contributed by atoms with E-state index in [9.17, 15) is 4.79 Å². The molecule has 0 radical (unpaired) electrons. The molecule has 2 aromatic heterocycles. The van der Waals surface area contributed by atoms with Crippen molar-refractivity contribution in [2.45, 2.75) is 20.3 Å². The van der Waals surface area contributed by atoms with Gasteiger partial charge in [0.05, 0.1) is 23.1 Å². The summed E-state index contributed by atoms with van der Waals surface area (Å²) >= 11 is 0. The first-order valence-electron chi connectivity index (χ1n) is 6.12. The lowest BCUT2D eigenvalue weighted by atomic mass is 10.2. The van der Waals surface area contributed by atoms with Crippen LogP contribution < -0.4 is 10.6 Å². The van der Waals surface area contributed by atoms with Crippen molar-refractivity contribution in [3.05, 3.63) is 36.0 Å². The van der Waals surface area contributed by atoms with Gasteiger partial charge in [-0.2, -0.15) is 4.98 Å². The fraction of sp³-hybridized carbons (Fsp3) is 0.308. The zero-order valence-electron chi connectivity index (χ0n) is 10.9. The Morgan fingerprint density at radius 2 is 2.32 bits per heavy atom. The van der Waals surface area contributed by atoms with Crippen molar-refractivity contribution >= 4 is 17.6 Å². The summed E-state index contributed by atoms with van der Waals surface area (Å²) in [6.45, 7) is 4.63. The fourth-order valence-corrected chi connectivity index (χ4v) is 1.57. The predicted octanol–water partition coefficient (Wildman–Crippen LogP) is 2.45. The molecule has 0 spiro atoms. The summed E-state index contributed by atoms with van der Waals surface area (Å²) in [5, 5.41) is 5.77. The van der Waals surface area contributed by atoms with E-state index in [1.165, 1.54) is 6.26 Å². The number of aromatic nitrogens is 2. The van der Waals surface area contributed by atoms with E-state index >= 15 is 0 Å². The van der Waals surface area contributed by atoms with Gasteiger partial charge in [-0.15, -0.1) is 0 Å². The van der Waals surface area contributed by atoms with Crippen molar-refractivity contribution in [3.8, 4) is 0 Å². The number of nitrogens with one attached hydrogen (secondary N) is 2. The lowest BCUT2D eigenvalue weighted by Crippen LogP contribution is -2.15. The first-order chi connectivity index (χ1) is 9.20. The van der Waals surface area contributed by atoms with E-state index in [1.54, 1.807) is 25.4 Å². The van der Waals surface area contributed by atoms with Crippen LogP contribution in [0, 0.1) is 6.92 Å². The standard InChI is InChI=1S/C13H16N4O2/c1-3-5-15-11-7-14-6-4-10(11)12(18)17-13-16-9(2)8-19-13/h4,6-8,15H,3,5H2,1-2H3,(H,16,17,18). The van der Waals surface area contributed by atoms with Gasteiger partial charge in [0, 0.05) is 12.7 Å². The van der Waals surface area contributed by atoms with Gasteiger partial charge in [0.2, 0.25) is 0 Å². The minimum absolute atomic E-state index is 0.195. The molecule has 6 nitrogen and oxygen atoms in total. The molecule has 0 aliphatic rings. The lowest BCUT2D eigenvalue weighted by Gasteiger charge is -2.09. The van der Waals surface area contributed by atoms with Gasteiger partial charge in [-0.05, 0) is 19.4 Å². The third-order valence-corrected chi connectivity index (χ3v) is 2.47. The van der Waals surface area contributed by atoms with E-state index in [2.05, 4.69) is 27.5 Å². The van der Waals surface area contributed by atoms with Crippen LogP contribution in [0.5, 0.6) is 0 Å². The molecule has 19 heavy (non-hydrogen) atoms. The molecule has 6 heteroatoms. The number of aryl methyl sites for hydroxylation is 1. The molecule has 2 rings (SSSR count). The average Bonchev–Trinajstić information content (AvgIpc) is 2.82. The van der Waals surface area contributed by atoms with Crippen LogP contribution in [-0.2, 0) is 0 Å². The van der Waals surface area contributed by atoms with Gasteiger partial charge in [-0.1, -0.05) is 6.92 Å². The number of hydrogen-bond donors (Lipinski definition) is 2. The Morgan fingerprint density at radius 3 is 3.00 bits per heavy atom. The second-order valence-electron chi connectivity index (χ2n) is 4.10. The van der Waals surface area contributed by atoms with Crippen LogP contribution in [0.15, 0.2) is 29.1 Å². The minimum Gasteiger partial charge on any atom is -0.432 e. The van der Waals surface area contributed by atoms with Crippen LogP contribution in [-0.4, -0.2) is 22.4 Å². The predicted molar refractivity (Wildman–Crippen MR) is 72.2 cm³/mol. The van der Waals surface area contributed by atoms with Crippen LogP contribution >= 0.6 is 0 Å². The molecule has 0 saturated heterocycles. The van der Waals surface area contributed by atoms with Gasteiger partial charge in [0.15, 0.2) is 0 Å². The molecule has 1 amide bonds. The van der Waals surface area contributed by atoms with Gasteiger partial charge in [-0.3, -0.25) is 15.1 Å². The molecule has 0 bridgehead atoms. The highest BCUT2D eigenvalue weighted by Gasteiger charge is 2.13. The number of carbonyl (C=O) groups is 1. The number of oxazole rings is 1. The Kier molecular flexibility index (Phi) is 4.12. The maximum atomic E-state index is 12.1. The summed E-state index contributed by atoms with van der Waals surface area (Å²) in [7, 11) is 0. The van der Waals surface area contributed by atoms with E-state index < -0.39 is 0 Å². The molecule has 0 atom stereocenters. The van der Waals surface area contributed by atoms with Gasteiger partial charge >= 0.3 is 6.01 Å². The number of hydrogen-bond acceptors (Lipinski definition) is 5. The quantitative estimate of drug-likeness (QED) is 0.863. The first kappa shape index (κ1) is 13.1. The molecule has 0 fully saturated rings. The number of amides is 1. The zero-order valence-corrected chi connectivity index (χ0v) is 10.9. The van der Waals surface area contributed by atoms with Gasteiger partial charge in [0.25, 0.3) is 5.91 Å². The number of pyridine rings is 1. The topological polar surface area (TPSA) is 80.0 Å². The van der Waals surface area contributed by atoms with E-state index in [1.807, 2.05) is 0 Å². The second-order valence-corrected chi connectivity index (χ2v) is 4.10. The summed E-state index contributed by atoms with van der Waals surface area (Å²) in [6.07, 6.45) is 5.66. The fourth-order valence-electron chi connectivity index (χ4n) is 1.57. The number of carbonyl (C=O) groups excluding carboxylic acids is 1. The van der Waals surface area contributed by atoms with Crippen LogP contribution in [0.3, 0.4) is 0 Å². The Morgan fingerprint density at radius 1 is 1.47 bits per heavy atom. The van der Waals surface area contributed by atoms with Crippen molar-refractivity contribution < 1.29 is 9.21 Å². The summed E-state index contributed by atoms with van der Waals surface area (Å²) in [5.41, 5.74) is 1.93. The molecule has 0 aliphatic carbocycles. The summed E-state index contributed by atoms with van der Waals surface area (Å²) in [5.74, 6) is -0.275. The van der Waals surface area contributed by atoms with Crippen LogP contribution in [0.25, 0.3) is 0 Å². The number of rotatable bonds is 5. The maximum absolute atomic E-state index is 12.1. The molecule has 2 N–H and O–H groups in total. The van der Waals surface area contributed by atoms with Gasteiger partial charge in [0.1, 0.15) is 6.26 Å². The van der Waals surface area contributed by atoms with E-state index in [4.69, 9.17) is 4.42 Å². The SMILES string of the molecule is CCCNc1cnccc1C(=O)Nc1nc(C)co1. The Hall–Kier alpha value is -2.37. The smallest absolute Gasteiger partial charge is 0.301 e. The van der Waals surface area contributed by atoms with E-state index in [-0.39, 0.29) is 11.9 Å². The molecule has 2 heterocycles. The molecular weight excluding hydrogens is 244 g/mol. The third-order valence-electron chi connectivity index (χ3n) is 2.47. The highest BCUT2D eigenvalue weighted by Crippen LogP contribution is 2.16. The lowest BCUT2D eigenvalue weighted by molar-refractivity contribution is 0.102. The number of anilines is 2. The summed E-state index contributed by atoms with van der Waals surface area (Å²) < 4.78 is 5.10. The van der Waals surface area contributed by atoms with Crippen molar-refractivity contribution in [3.63, 3.8) is 0 Å². The first-order valence-corrected chi connectivity index (χ1v) is 6.12. The Bertz CT molecular complexity index is 565. The van der Waals surface area contributed by atoms with Crippen molar-refractivity contribution in [1.82, 2.24) is 9.97 Å². The zero-order chi connectivity index (χ0) is 13.7. The van der Waals surface area contributed by atoms with Crippen LogP contribution in [0.2, 0.25) is 0 Å². The molecule has 2 aromatic rings. The van der Waals surface area contributed by atoms with E-state index in [0.717, 1.165) is 13.0 Å². The highest BCUT2D eigenvalue weighted by molar-refractivity contribution is 6.06. The largest absolute Gasteiger partial charge is 0.432 e. The van der Waals surface area contributed by atoms with Gasteiger partial charge in [-0.25, -0.2) is 0 Å². The van der Waals surface area contributed by atoms with Crippen LogP contribution in [0.4, 0.5) is 11.7 Å².